The SMILES string of the molecule is [2H]C([2H])(Cl)CN(C([2H])([2H])C([2H])([2H])Cl)P1(=O)NCC([2H])([2H])CO1. The molecule has 1 aliphatic rings. The summed E-state index contributed by atoms with van der Waals surface area (Å²) in [6.07, 6.45) is -1.85. The van der Waals surface area contributed by atoms with Gasteiger partial charge in [0.05, 0.1) is 6.61 Å². The Hall–Kier alpha value is 0.690. The third-order valence-corrected chi connectivity index (χ3v) is 3.56. The normalized spacial score (nSPS) is 43.4. The van der Waals surface area contributed by atoms with Crippen molar-refractivity contribution in [3.05, 3.63) is 0 Å². The van der Waals surface area contributed by atoms with Crippen molar-refractivity contribution in [2.45, 2.75) is 6.37 Å². The Labute approximate surface area is 106 Å². The first-order chi connectivity index (χ1) is 9.50. The standard InChI is InChI=1S/C7H15Cl2N2O2P/c8-2-5-11(6-3-9)14(12)10-4-1-7-13-14/h1-7H2,(H,10,12)/i1D2,2D2,3D2,5D2. The Balaban J connectivity index is 3.20. The van der Waals surface area contributed by atoms with Crippen LogP contribution in [0.2, 0.25) is 0 Å². The van der Waals surface area contributed by atoms with E-state index in [9.17, 15) is 4.57 Å². The molecule has 0 saturated carbocycles. The molecule has 0 radical (unpaired) electrons. The molecule has 1 N–H and O–H groups in total. The molecule has 1 saturated heterocycles. The summed E-state index contributed by atoms with van der Waals surface area (Å²) in [5.41, 5.74) is 0. The Morgan fingerprint density at radius 2 is 2.43 bits per heavy atom. The molecule has 1 atom stereocenters. The van der Waals surface area contributed by atoms with Crippen LogP contribution in [-0.2, 0) is 9.09 Å². The van der Waals surface area contributed by atoms with E-state index in [1.165, 1.54) is 0 Å². The predicted octanol–water partition coefficient (Wildman–Crippen LogP) is 1.88. The van der Waals surface area contributed by atoms with Gasteiger partial charge in [-0.1, -0.05) is 0 Å². The first-order valence-electron chi connectivity index (χ1n) is 7.66. The van der Waals surface area contributed by atoms with Crippen LogP contribution in [0.5, 0.6) is 0 Å². The third kappa shape index (κ3) is 3.37. The number of rotatable bonds is 5. The van der Waals surface area contributed by atoms with Gasteiger partial charge in [0.25, 0.3) is 0 Å². The van der Waals surface area contributed by atoms with Crippen LogP contribution in [0, 0.1) is 0 Å². The monoisotopic (exact) mass is 268 g/mol. The van der Waals surface area contributed by atoms with E-state index in [4.69, 9.17) is 38.7 Å². The van der Waals surface area contributed by atoms with Crippen LogP contribution < -0.4 is 5.09 Å². The summed E-state index contributed by atoms with van der Waals surface area (Å²) < 4.78 is 77.5. The Morgan fingerprint density at radius 3 is 2.93 bits per heavy atom. The van der Waals surface area contributed by atoms with E-state index in [0.29, 0.717) is 0 Å². The molecule has 84 valence electrons. The minimum atomic E-state index is -4.30. The molecule has 0 aliphatic carbocycles. The van der Waals surface area contributed by atoms with E-state index in [1.54, 1.807) is 0 Å². The molecule has 14 heavy (non-hydrogen) atoms. The molecule has 1 fully saturated rings. The van der Waals surface area contributed by atoms with Crippen molar-refractivity contribution < 1.29 is 20.1 Å². The minimum absolute atomic E-state index is 0.245. The van der Waals surface area contributed by atoms with Gasteiger partial charge >= 0.3 is 7.67 Å². The van der Waals surface area contributed by atoms with E-state index in [1.807, 2.05) is 0 Å². The van der Waals surface area contributed by atoms with E-state index in [2.05, 4.69) is 5.09 Å². The summed E-state index contributed by atoms with van der Waals surface area (Å²) in [5.74, 6) is -5.58. The van der Waals surface area contributed by atoms with Crippen molar-refractivity contribution >= 4 is 30.9 Å². The molecular formula is C7H15Cl2N2O2P. The zero-order valence-electron chi connectivity index (χ0n) is 15.1. The van der Waals surface area contributed by atoms with Crippen molar-refractivity contribution in [2.75, 3.05) is 37.9 Å². The van der Waals surface area contributed by atoms with Crippen molar-refractivity contribution in [2.24, 2.45) is 0 Å². The van der Waals surface area contributed by atoms with E-state index in [0.717, 1.165) is 0 Å². The highest BCUT2D eigenvalue weighted by atomic mass is 35.5. The van der Waals surface area contributed by atoms with E-state index >= 15 is 0 Å². The van der Waals surface area contributed by atoms with Gasteiger partial charge in [-0.05, 0) is 6.37 Å². The van der Waals surface area contributed by atoms with Gasteiger partial charge in [0.2, 0.25) is 0 Å². The fraction of sp³-hybridized carbons (Fsp3) is 1.00. The molecule has 4 nitrogen and oxygen atoms in total. The molecule has 1 heterocycles. The summed E-state index contributed by atoms with van der Waals surface area (Å²) in [7, 11) is -4.30. The molecule has 7 heteroatoms. The zero-order valence-corrected chi connectivity index (χ0v) is 9.49. The number of halogens is 2. The van der Waals surface area contributed by atoms with Crippen molar-refractivity contribution in [1.82, 2.24) is 9.76 Å². The van der Waals surface area contributed by atoms with Gasteiger partial charge in [0, 0.05) is 42.2 Å². The van der Waals surface area contributed by atoms with Crippen LogP contribution in [0.1, 0.15) is 17.3 Å². The maximum atomic E-state index is 12.7. The summed E-state index contributed by atoms with van der Waals surface area (Å²) in [6, 6.07) is 0. The van der Waals surface area contributed by atoms with Gasteiger partial charge in [-0.3, -0.25) is 4.57 Å². The minimum Gasteiger partial charge on any atom is -0.306 e. The fourth-order valence-corrected chi connectivity index (χ4v) is 2.63. The van der Waals surface area contributed by atoms with Gasteiger partial charge in [-0.25, -0.2) is 9.76 Å². The lowest BCUT2D eigenvalue weighted by molar-refractivity contribution is 0.233. The highest BCUT2D eigenvalue weighted by Gasteiger charge is 2.32. The Morgan fingerprint density at radius 1 is 1.64 bits per heavy atom. The highest BCUT2D eigenvalue weighted by Crippen LogP contribution is 2.47. The molecule has 0 spiro atoms. The average Bonchev–Trinajstić information content (AvgIpc) is 2.28. The zero-order chi connectivity index (χ0) is 17.6. The number of hydrogen-bond acceptors (Lipinski definition) is 2. The smallest absolute Gasteiger partial charge is 0.306 e. The number of nitrogens with zero attached hydrogens (tertiary/aromatic N) is 1. The maximum Gasteiger partial charge on any atom is 0.343 e. The van der Waals surface area contributed by atoms with Crippen LogP contribution in [0.4, 0.5) is 0 Å². The average molecular weight is 269 g/mol. The van der Waals surface area contributed by atoms with Gasteiger partial charge in [-0.2, -0.15) is 0 Å². The molecule has 1 unspecified atom stereocenters. The van der Waals surface area contributed by atoms with Crippen LogP contribution in [0.3, 0.4) is 0 Å². The molecule has 0 aromatic carbocycles. The number of hydrogen-bond donors (Lipinski definition) is 1. The van der Waals surface area contributed by atoms with E-state index < -0.39 is 51.9 Å². The molecule has 1 aliphatic heterocycles. The molecule has 0 aromatic heterocycles. The molecule has 0 bridgehead atoms. The topological polar surface area (TPSA) is 41.6 Å². The van der Waals surface area contributed by atoms with Crippen molar-refractivity contribution in [3.63, 3.8) is 0 Å². The van der Waals surface area contributed by atoms with Gasteiger partial charge in [0.15, 0.2) is 0 Å². The summed E-state index contributed by atoms with van der Waals surface area (Å²) in [4.78, 5) is 0. The van der Waals surface area contributed by atoms with Crippen LogP contribution in [-0.4, -0.2) is 42.5 Å². The second-order valence-electron chi connectivity index (χ2n) is 2.28. The summed E-state index contributed by atoms with van der Waals surface area (Å²) in [5, 5.41) is 2.18. The van der Waals surface area contributed by atoms with Crippen molar-refractivity contribution in [3.8, 4) is 0 Å². The lowest BCUT2D eigenvalue weighted by Gasteiger charge is -2.33. The van der Waals surface area contributed by atoms with Crippen LogP contribution in [0.15, 0.2) is 0 Å². The summed E-state index contributed by atoms with van der Waals surface area (Å²) in [6.45, 7) is -5.20. The largest absolute Gasteiger partial charge is 0.343 e. The number of nitrogens with one attached hydrogen (secondary N) is 1. The lowest BCUT2D eigenvalue weighted by Crippen LogP contribution is -2.35. The second kappa shape index (κ2) is 6.31. The van der Waals surface area contributed by atoms with Crippen LogP contribution in [0.25, 0.3) is 0 Å². The summed E-state index contributed by atoms with van der Waals surface area (Å²) >= 11 is 10.8. The lowest BCUT2D eigenvalue weighted by atomic mass is 10.5. The predicted molar refractivity (Wildman–Crippen MR) is 59.2 cm³/mol. The first-order valence-corrected chi connectivity index (χ1v) is 5.99. The molecular weight excluding hydrogens is 246 g/mol. The Bertz CT molecular complexity index is 454. The quantitative estimate of drug-likeness (QED) is 0.611. The van der Waals surface area contributed by atoms with Crippen molar-refractivity contribution in [1.29, 1.82) is 0 Å². The second-order valence-corrected chi connectivity index (χ2v) is 4.83. The molecule has 0 aromatic rings. The molecule has 0 amide bonds. The van der Waals surface area contributed by atoms with Gasteiger partial charge in [-0.15, -0.1) is 23.2 Å². The van der Waals surface area contributed by atoms with Crippen LogP contribution >= 0.6 is 30.9 Å². The first kappa shape index (κ1) is 5.35. The number of alkyl halides is 2. The van der Waals surface area contributed by atoms with E-state index in [-0.39, 0.29) is 4.67 Å². The third-order valence-electron chi connectivity index (χ3n) is 1.44. The fourth-order valence-electron chi connectivity index (χ4n) is 0.844. The maximum absolute atomic E-state index is 12.7. The Kier molecular flexibility index (Phi) is 2.41. The molecule has 1 rings (SSSR count). The van der Waals surface area contributed by atoms with Gasteiger partial charge in [0.1, 0.15) is 0 Å². The van der Waals surface area contributed by atoms with Gasteiger partial charge < -0.3 is 4.52 Å². The highest BCUT2D eigenvalue weighted by molar-refractivity contribution is 7.54.